The Morgan fingerprint density at radius 1 is 1.55 bits per heavy atom. The summed E-state index contributed by atoms with van der Waals surface area (Å²) in [7, 11) is 0. The first kappa shape index (κ1) is 15.6. The van der Waals surface area contributed by atoms with Gasteiger partial charge >= 0.3 is 0 Å². The maximum absolute atomic E-state index is 12.2. The van der Waals surface area contributed by atoms with E-state index in [1.165, 1.54) is 18.6 Å². The van der Waals surface area contributed by atoms with Crippen LogP contribution in [-0.4, -0.2) is 28.4 Å². The Balaban J connectivity index is 2.09. The van der Waals surface area contributed by atoms with Crippen molar-refractivity contribution in [2.75, 3.05) is 12.8 Å². The zero-order valence-corrected chi connectivity index (χ0v) is 14.0. The summed E-state index contributed by atoms with van der Waals surface area (Å²) in [6.45, 7) is 0.617. The molecular weight excluding hydrogens is 391 g/mol. The molecule has 0 heterocycles. The van der Waals surface area contributed by atoms with Crippen molar-refractivity contribution in [3.63, 3.8) is 0 Å². The SMILES string of the molecule is CSC1(CNC(=O)c2cc([N+](=O)[O-])ccc2I)CCC1. The van der Waals surface area contributed by atoms with Crippen molar-refractivity contribution in [1.82, 2.24) is 5.32 Å². The molecule has 1 aromatic carbocycles. The fourth-order valence-corrected chi connectivity index (χ4v) is 3.66. The summed E-state index contributed by atoms with van der Waals surface area (Å²) in [5, 5.41) is 13.7. The third-order valence-corrected chi connectivity index (χ3v) is 6.03. The van der Waals surface area contributed by atoms with Gasteiger partial charge in [0.1, 0.15) is 0 Å². The number of nitro benzene ring substituents is 1. The van der Waals surface area contributed by atoms with Gasteiger partial charge in [-0.2, -0.15) is 11.8 Å². The molecule has 2 rings (SSSR count). The summed E-state index contributed by atoms with van der Waals surface area (Å²) >= 11 is 3.80. The number of hydrogen-bond donors (Lipinski definition) is 1. The van der Waals surface area contributed by atoms with Gasteiger partial charge in [0.25, 0.3) is 11.6 Å². The summed E-state index contributed by atoms with van der Waals surface area (Å²) in [5.74, 6) is -0.238. The second kappa shape index (κ2) is 6.30. The molecule has 108 valence electrons. The molecule has 0 bridgehead atoms. The van der Waals surface area contributed by atoms with Crippen molar-refractivity contribution in [2.45, 2.75) is 24.0 Å². The van der Waals surface area contributed by atoms with Crippen LogP contribution in [0.5, 0.6) is 0 Å². The van der Waals surface area contributed by atoms with E-state index >= 15 is 0 Å². The predicted octanol–water partition coefficient (Wildman–Crippen LogP) is 3.21. The molecule has 1 aliphatic carbocycles. The van der Waals surface area contributed by atoms with E-state index in [-0.39, 0.29) is 16.3 Å². The van der Waals surface area contributed by atoms with Crippen LogP contribution in [0, 0.1) is 13.7 Å². The van der Waals surface area contributed by atoms with Gasteiger partial charge in [0.05, 0.1) is 10.5 Å². The zero-order valence-electron chi connectivity index (χ0n) is 11.0. The fourth-order valence-electron chi connectivity index (χ4n) is 2.16. The van der Waals surface area contributed by atoms with Crippen LogP contribution >= 0.6 is 34.4 Å². The van der Waals surface area contributed by atoms with E-state index in [4.69, 9.17) is 0 Å². The number of amides is 1. The number of rotatable bonds is 5. The average Bonchev–Trinajstić information content (AvgIpc) is 2.38. The molecule has 1 aromatic rings. The lowest BCUT2D eigenvalue weighted by atomic mass is 9.84. The Kier molecular flexibility index (Phi) is 4.90. The van der Waals surface area contributed by atoms with E-state index in [0.717, 1.165) is 16.4 Å². The van der Waals surface area contributed by atoms with Gasteiger partial charge in [0.2, 0.25) is 0 Å². The highest BCUT2D eigenvalue weighted by molar-refractivity contribution is 14.1. The Hall–Kier alpha value is -0.830. The molecule has 0 unspecified atom stereocenters. The van der Waals surface area contributed by atoms with Crippen LogP contribution in [0.25, 0.3) is 0 Å². The summed E-state index contributed by atoms with van der Waals surface area (Å²) in [6, 6.07) is 4.35. The van der Waals surface area contributed by atoms with Crippen molar-refractivity contribution < 1.29 is 9.72 Å². The summed E-state index contributed by atoms with van der Waals surface area (Å²) in [6.07, 6.45) is 5.48. The largest absolute Gasteiger partial charge is 0.351 e. The number of nitrogens with zero attached hydrogens (tertiary/aromatic N) is 1. The van der Waals surface area contributed by atoms with Gasteiger partial charge in [0, 0.05) is 27.0 Å². The Bertz CT molecular complexity index is 541. The molecule has 1 N–H and O–H groups in total. The van der Waals surface area contributed by atoms with E-state index in [9.17, 15) is 14.9 Å². The van der Waals surface area contributed by atoms with Crippen LogP contribution < -0.4 is 5.32 Å². The molecular formula is C13H15IN2O3S. The quantitative estimate of drug-likeness (QED) is 0.463. The number of thioether (sulfide) groups is 1. The minimum Gasteiger partial charge on any atom is -0.351 e. The molecule has 0 aromatic heterocycles. The lowest BCUT2D eigenvalue weighted by Crippen LogP contribution is -2.45. The monoisotopic (exact) mass is 406 g/mol. The van der Waals surface area contributed by atoms with E-state index in [1.807, 2.05) is 22.6 Å². The second-order valence-corrected chi connectivity index (χ2v) is 7.28. The minimum absolute atomic E-state index is 0.0567. The highest BCUT2D eigenvalue weighted by Gasteiger charge is 2.36. The van der Waals surface area contributed by atoms with Gasteiger partial charge in [-0.3, -0.25) is 14.9 Å². The maximum atomic E-state index is 12.2. The second-order valence-electron chi connectivity index (χ2n) is 4.84. The van der Waals surface area contributed by atoms with Crippen molar-refractivity contribution >= 4 is 45.9 Å². The molecule has 1 aliphatic rings. The fraction of sp³-hybridized carbons (Fsp3) is 0.462. The number of hydrogen-bond acceptors (Lipinski definition) is 4. The molecule has 0 saturated heterocycles. The van der Waals surface area contributed by atoms with E-state index in [0.29, 0.717) is 12.1 Å². The van der Waals surface area contributed by atoms with Gasteiger partial charge in [-0.25, -0.2) is 0 Å². The molecule has 0 atom stereocenters. The predicted molar refractivity (Wildman–Crippen MR) is 88.2 cm³/mol. The summed E-state index contributed by atoms with van der Waals surface area (Å²) in [5.41, 5.74) is 0.314. The van der Waals surface area contributed by atoms with Gasteiger partial charge in [-0.1, -0.05) is 6.42 Å². The number of nitrogens with one attached hydrogen (secondary N) is 1. The first-order valence-corrected chi connectivity index (χ1v) is 8.55. The first-order chi connectivity index (χ1) is 9.47. The molecule has 0 spiro atoms. The van der Waals surface area contributed by atoms with Crippen LogP contribution in [0.15, 0.2) is 18.2 Å². The third-order valence-electron chi connectivity index (χ3n) is 3.67. The van der Waals surface area contributed by atoms with Gasteiger partial charge in [-0.05, 0) is 47.8 Å². The van der Waals surface area contributed by atoms with Crippen molar-refractivity contribution in [1.29, 1.82) is 0 Å². The smallest absolute Gasteiger partial charge is 0.270 e. The Morgan fingerprint density at radius 2 is 2.25 bits per heavy atom. The van der Waals surface area contributed by atoms with Crippen LogP contribution in [0.2, 0.25) is 0 Å². The van der Waals surface area contributed by atoms with Gasteiger partial charge in [-0.15, -0.1) is 0 Å². The van der Waals surface area contributed by atoms with Crippen LogP contribution in [0.3, 0.4) is 0 Å². The number of carbonyl (C=O) groups is 1. The third kappa shape index (κ3) is 3.25. The lowest BCUT2D eigenvalue weighted by Gasteiger charge is -2.40. The molecule has 1 saturated carbocycles. The van der Waals surface area contributed by atoms with E-state index in [1.54, 1.807) is 17.8 Å². The number of benzene rings is 1. The number of nitro groups is 1. The highest BCUT2D eigenvalue weighted by atomic mass is 127. The molecule has 5 nitrogen and oxygen atoms in total. The normalized spacial score (nSPS) is 16.3. The van der Waals surface area contributed by atoms with Crippen molar-refractivity contribution in [3.8, 4) is 0 Å². The number of halogens is 1. The van der Waals surface area contributed by atoms with E-state index in [2.05, 4.69) is 11.6 Å². The topological polar surface area (TPSA) is 72.2 Å². The average molecular weight is 406 g/mol. The first-order valence-electron chi connectivity index (χ1n) is 6.25. The van der Waals surface area contributed by atoms with Crippen LogP contribution in [0.1, 0.15) is 29.6 Å². The Labute approximate surface area is 135 Å². The van der Waals surface area contributed by atoms with Gasteiger partial charge in [0.15, 0.2) is 0 Å². The zero-order chi connectivity index (χ0) is 14.8. The lowest BCUT2D eigenvalue weighted by molar-refractivity contribution is -0.384. The standard InChI is InChI=1S/C13H15IN2O3S/c1-20-13(5-2-6-13)8-15-12(17)10-7-9(16(18)19)3-4-11(10)14/h3-4,7H,2,5-6,8H2,1H3,(H,15,17). The number of carbonyl (C=O) groups excluding carboxylic acids is 1. The van der Waals surface area contributed by atoms with Gasteiger partial charge < -0.3 is 5.32 Å². The molecule has 20 heavy (non-hydrogen) atoms. The van der Waals surface area contributed by atoms with Crippen molar-refractivity contribution in [2.24, 2.45) is 0 Å². The van der Waals surface area contributed by atoms with E-state index < -0.39 is 4.92 Å². The van der Waals surface area contributed by atoms with Crippen LogP contribution in [-0.2, 0) is 0 Å². The molecule has 1 amide bonds. The van der Waals surface area contributed by atoms with Crippen molar-refractivity contribution in [3.05, 3.63) is 37.4 Å². The minimum atomic E-state index is -0.484. The summed E-state index contributed by atoms with van der Waals surface area (Å²) < 4.78 is 0.874. The van der Waals surface area contributed by atoms with Crippen LogP contribution in [0.4, 0.5) is 5.69 Å². The molecule has 0 aliphatic heterocycles. The highest BCUT2D eigenvalue weighted by Crippen LogP contribution is 2.42. The molecule has 0 radical (unpaired) electrons. The summed E-state index contributed by atoms with van der Waals surface area (Å²) in [4.78, 5) is 22.5. The molecule has 7 heteroatoms. The number of non-ortho nitro benzene ring substituents is 1. The Morgan fingerprint density at radius 3 is 2.75 bits per heavy atom. The molecule has 1 fully saturated rings. The maximum Gasteiger partial charge on any atom is 0.270 e.